The molecule has 0 bridgehead atoms. The van der Waals surface area contributed by atoms with Gasteiger partial charge >= 0.3 is 0 Å². The molecule has 2 amide bonds. The molecule has 1 unspecified atom stereocenters. The Morgan fingerprint density at radius 2 is 1.78 bits per heavy atom. The number of carbonyl (C=O) groups excluding carboxylic acids is 2. The number of nitrogens with one attached hydrogen (secondary N) is 2. The third-order valence-electron chi connectivity index (χ3n) is 4.25. The monoisotopic (exact) mass is 387 g/mol. The normalized spacial score (nSPS) is 11.8. The van der Waals surface area contributed by atoms with Crippen molar-refractivity contribution >= 4 is 29.1 Å². The van der Waals surface area contributed by atoms with Crippen LogP contribution in [0.5, 0.6) is 0 Å². The largest absolute Gasteiger partial charge is 0.378 e. The quantitative estimate of drug-likeness (QED) is 0.764. The zero-order chi connectivity index (χ0) is 20.0. The SMILES string of the molecule is CC(C)C(NC(=O)c1ccccc1Cl)C(=O)NCc1cccc(N(C)C)c1. The van der Waals surface area contributed by atoms with Gasteiger partial charge in [-0.1, -0.05) is 49.7 Å². The lowest BCUT2D eigenvalue weighted by molar-refractivity contribution is -0.124. The van der Waals surface area contributed by atoms with Crippen LogP contribution in [0.1, 0.15) is 29.8 Å². The van der Waals surface area contributed by atoms with Crippen molar-refractivity contribution in [3.05, 3.63) is 64.7 Å². The van der Waals surface area contributed by atoms with Crippen molar-refractivity contribution in [3.63, 3.8) is 0 Å². The average molecular weight is 388 g/mol. The molecular weight excluding hydrogens is 362 g/mol. The zero-order valence-corrected chi connectivity index (χ0v) is 16.9. The number of hydrogen-bond acceptors (Lipinski definition) is 3. The standard InChI is InChI=1S/C21H26ClN3O2/c1-14(2)19(24-20(26)17-10-5-6-11-18(17)22)21(27)23-13-15-8-7-9-16(12-15)25(3)4/h5-12,14,19H,13H2,1-4H3,(H,23,27)(H,24,26). The minimum atomic E-state index is -0.647. The van der Waals surface area contributed by atoms with Crippen molar-refractivity contribution in [2.24, 2.45) is 5.92 Å². The average Bonchev–Trinajstić information content (AvgIpc) is 2.64. The molecule has 1 atom stereocenters. The van der Waals surface area contributed by atoms with E-state index in [1.165, 1.54) is 0 Å². The summed E-state index contributed by atoms with van der Waals surface area (Å²) in [6, 6.07) is 14.1. The molecule has 144 valence electrons. The number of rotatable bonds is 7. The van der Waals surface area contributed by atoms with E-state index in [0.29, 0.717) is 17.1 Å². The molecule has 0 heterocycles. The fraction of sp³-hybridized carbons (Fsp3) is 0.333. The van der Waals surface area contributed by atoms with Gasteiger partial charge in [0.05, 0.1) is 10.6 Å². The Bertz CT molecular complexity index is 806. The Hall–Kier alpha value is -2.53. The van der Waals surface area contributed by atoms with Crippen molar-refractivity contribution in [1.82, 2.24) is 10.6 Å². The van der Waals surface area contributed by atoms with Crippen LogP contribution >= 0.6 is 11.6 Å². The first kappa shape index (κ1) is 20.8. The second-order valence-corrected chi connectivity index (χ2v) is 7.36. The minimum Gasteiger partial charge on any atom is -0.378 e. The molecule has 0 radical (unpaired) electrons. The Morgan fingerprint density at radius 1 is 1.07 bits per heavy atom. The number of nitrogens with zero attached hydrogens (tertiary/aromatic N) is 1. The Kier molecular flexibility index (Phi) is 7.25. The first-order valence-corrected chi connectivity index (χ1v) is 9.26. The second-order valence-electron chi connectivity index (χ2n) is 6.96. The number of halogens is 1. The van der Waals surface area contributed by atoms with Crippen molar-refractivity contribution in [3.8, 4) is 0 Å². The first-order valence-electron chi connectivity index (χ1n) is 8.89. The van der Waals surface area contributed by atoms with Crippen molar-refractivity contribution < 1.29 is 9.59 Å². The van der Waals surface area contributed by atoms with E-state index >= 15 is 0 Å². The summed E-state index contributed by atoms with van der Waals surface area (Å²) >= 11 is 6.08. The van der Waals surface area contributed by atoms with Gasteiger partial charge in [-0.2, -0.15) is 0 Å². The zero-order valence-electron chi connectivity index (χ0n) is 16.1. The van der Waals surface area contributed by atoms with Crippen molar-refractivity contribution in [2.45, 2.75) is 26.4 Å². The van der Waals surface area contributed by atoms with Gasteiger partial charge < -0.3 is 15.5 Å². The van der Waals surface area contributed by atoms with Gasteiger partial charge in [0, 0.05) is 26.3 Å². The highest BCUT2D eigenvalue weighted by molar-refractivity contribution is 6.33. The van der Waals surface area contributed by atoms with Gasteiger partial charge in [0.15, 0.2) is 0 Å². The molecule has 5 nitrogen and oxygen atoms in total. The molecule has 27 heavy (non-hydrogen) atoms. The van der Waals surface area contributed by atoms with Crippen molar-refractivity contribution in [1.29, 1.82) is 0 Å². The molecule has 0 aliphatic heterocycles. The maximum atomic E-state index is 12.7. The summed E-state index contributed by atoms with van der Waals surface area (Å²) < 4.78 is 0. The lowest BCUT2D eigenvalue weighted by atomic mass is 10.0. The molecule has 2 N–H and O–H groups in total. The van der Waals surface area contributed by atoms with Gasteiger partial charge in [-0.25, -0.2) is 0 Å². The van der Waals surface area contributed by atoms with Crippen LogP contribution in [-0.2, 0) is 11.3 Å². The summed E-state index contributed by atoms with van der Waals surface area (Å²) in [5.74, 6) is -0.644. The van der Waals surface area contributed by atoms with Gasteiger partial charge in [0.2, 0.25) is 5.91 Å². The van der Waals surface area contributed by atoms with E-state index in [2.05, 4.69) is 10.6 Å². The molecule has 0 aliphatic rings. The van der Waals surface area contributed by atoms with Gasteiger partial charge in [-0.15, -0.1) is 0 Å². The molecule has 0 spiro atoms. The van der Waals surface area contributed by atoms with Gasteiger partial charge in [-0.05, 0) is 35.7 Å². The van der Waals surface area contributed by atoms with Crippen LogP contribution in [0.25, 0.3) is 0 Å². The van der Waals surface area contributed by atoms with Crippen LogP contribution in [0, 0.1) is 5.92 Å². The number of anilines is 1. The van der Waals surface area contributed by atoms with Crippen LogP contribution in [0.2, 0.25) is 5.02 Å². The number of benzene rings is 2. The highest BCUT2D eigenvalue weighted by Gasteiger charge is 2.25. The Labute approximate surface area is 165 Å². The van der Waals surface area contributed by atoms with Crippen LogP contribution in [0.4, 0.5) is 5.69 Å². The molecule has 0 fully saturated rings. The van der Waals surface area contributed by atoms with E-state index in [9.17, 15) is 9.59 Å². The van der Waals surface area contributed by atoms with E-state index in [1.807, 2.05) is 57.1 Å². The molecular formula is C21H26ClN3O2. The minimum absolute atomic E-state index is 0.0652. The molecule has 0 saturated carbocycles. The predicted octanol–water partition coefficient (Wildman–Crippen LogP) is 3.48. The maximum Gasteiger partial charge on any atom is 0.253 e. The number of carbonyl (C=O) groups is 2. The summed E-state index contributed by atoms with van der Waals surface area (Å²) in [5.41, 5.74) is 2.42. The second kappa shape index (κ2) is 9.42. The Balaban J connectivity index is 2.04. The van der Waals surface area contributed by atoms with E-state index in [4.69, 9.17) is 11.6 Å². The molecule has 0 aliphatic carbocycles. The molecule has 0 saturated heterocycles. The number of amides is 2. The summed E-state index contributed by atoms with van der Waals surface area (Å²) in [4.78, 5) is 27.2. The van der Waals surface area contributed by atoms with E-state index < -0.39 is 6.04 Å². The summed E-state index contributed by atoms with van der Waals surface area (Å²) in [5, 5.41) is 6.07. The fourth-order valence-electron chi connectivity index (χ4n) is 2.64. The third-order valence-corrected chi connectivity index (χ3v) is 4.58. The molecule has 6 heteroatoms. The summed E-state index contributed by atoms with van der Waals surface area (Å²) in [6.45, 7) is 4.18. The van der Waals surface area contributed by atoms with E-state index in [-0.39, 0.29) is 17.7 Å². The lowest BCUT2D eigenvalue weighted by Gasteiger charge is -2.22. The Morgan fingerprint density at radius 3 is 2.41 bits per heavy atom. The first-order chi connectivity index (χ1) is 12.8. The smallest absolute Gasteiger partial charge is 0.253 e. The fourth-order valence-corrected chi connectivity index (χ4v) is 2.86. The van der Waals surface area contributed by atoms with Gasteiger partial charge in [0.1, 0.15) is 6.04 Å². The molecule has 2 rings (SSSR count). The van der Waals surface area contributed by atoms with Crippen LogP contribution in [0.15, 0.2) is 48.5 Å². The highest BCUT2D eigenvalue weighted by Crippen LogP contribution is 2.16. The topological polar surface area (TPSA) is 61.4 Å². The van der Waals surface area contributed by atoms with Crippen LogP contribution < -0.4 is 15.5 Å². The molecule has 2 aromatic rings. The number of hydrogen-bond donors (Lipinski definition) is 2. The lowest BCUT2D eigenvalue weighted by Crippen LogP contribution is -2.49. The summed E-state index contributed by atoms with van der Waals surface area (Å²) in [6.07, 6.45) is 0. The van der Waals surface area contributed by atoms with Crippen LogP contribution in [-0.4, -0.2) is 32.0 Å². The van der Waals surface area contributed by atoms with Crippen LogP contribution in [0.3, 0.4) is 0 Å². The van der Waals surface area contributed by atoms with Crippen molar-refractivity contribution in [2.75, 3.05) is 19.0 Å². The summed E-state index contributed by atoms with van der Waals surface area (Å²) in [7, 11) is 3.94. The van der Waals surface area contributed by atoms with Gasteiger partial charge in [-0.3, -0.25) is 9.59 Å². The molecule has 2 aromatic carbocycles. The maximum absolute atomic E-state index is 12.7. The van der Waals surface area contributed by atoms with Gasteiger partial charge in [0.25, 0.3) is 5.91 Å². The van der Waals surface area contributed by atoms with E-state index in [1.54, 1.807) is 24.3 Å². The van der Waals surface area contributed by atoms with E-state index in [0.717, 1.165) is 11.3 Å². The highest BCUT2D eigenvalue weighted by atomic mass is 35.5. The third kappa shape index (κ3) is 5.73. The predicted molar refractivity (Wildman–Crippen MR) is 110 cm³/mol. The molecule has 0 aromatic heterocycles.